The van der Waals surface area contributed by atoms with E-state index in [4.69, 9.17) is 10.5 Å². The maximum atomic E-state index is 11.4. The number of amides is 1. The van der Waals surface area contributed by atoms with Crippen molar-refractivity contribution >= 4 is 5.91 Å². The van der Waals surface area contributed by atoms with Crippen molar-refractivity contribution in [3.63, 3.8) is 0 Å². The normalized spacial score (nSPS) is 16.8. The predicted octanol–water partition coefficient (Wildman–Crippen LogP) is 0.823. The first-order valence-electron chi connectivity index (χ1n) is 5.96. The van der Waals surface area contributed by atoms with E-state index in [1.807, 2.05) is 0 Å². The molecule has 3 N–H and O–H groups in total. The molecule has 1 aliphatic rings. The van der Waals surface area contributed by atoms with Crippen LogP contribution in [0.2, 0.25) is 0 Å². The second kappa shape index (κ2) is 7.41. The largest absolute Gasteiger partial charge is 0.381 e. The van der Waals surface area contributed by atoms with Crippen LogP contribution in [0.15, 0.2) is 12.7 Å². The Labute approximate surface area is 97.2 Å². The van der Waals surface area contributed by atoms with Crippen molar-refractivity contribution in [2.45, 2.75) is 31.7 Å². The van der Waals surface area contributed by atoms with Crippen LogP contribution in [0.1, 0.15) is 25.7 Å². The molecule has 4 nitrogen and oxygen atoms in total. The predicted molar refractivity (Wildman–Crippen MR) is 64.0 cm³/mol. The summed E-state index contributed by atoms with van der Waals surface area (Å²) in [6.45, 7) is 5.77. The zero-order valence-corrected chi connectivity index (χ0v) is 9.78. The minimum absolute atomic E-state index is 0.109. The van der Waals surface area contributed by atoms with Gasteiger partial charge in [-0.2, -0.15) is 0 Å². The van der Waals surface area contributed by atoms with Gasteiger partial charge in [-0.25, -0.2) is 0 Å². The molecule has 1 saturated carbocycles. The number of nitrogens with one attached hydrogen (secondary N) is 1. The quantitative estimate of drug-likeness (QED) is 0.452. The van der Waals surface area contributed by atoms with E-state index in [-0.39, 0.29) is 5.91 Å². The number of nitrogens with two attached hydrogens (primary N) is 1. The van der Waals surface area contributed by atoms with Gasteiger partial charge in [0.25, 0.3) is 0 Å². The first-order valence-corrected chi connectivity index (χ1v) is 5.96. The average molecular weight is 226 g/mol. The van der Waals surface area contributed by atoms with Gasteiger partial charge in [0, 0.05) is 19.8 Å². The van der Waals surface area contributed by atoms with E-state index in [0.717, 1.165) is 18.9 Å². The van der Waals surface area contributed by atoms with Crippen LogP contribution in [-0.2, 0) is 9.53 Å². The lowest BCUT2D eigenvalue weighted by Crippen LogP contribution is -2.40. The average Bonchev–Trinajstić information content (AvgIpc) is 3.07. The molecule has 1 amide bonds. The second-order valence-corrected chi connectivity index (χ2v) is 4.29. The smallest absolute Gasteiger partial charge is 0.237 e. The van der Waals surface area contributed by atoms with Gasteiger partial charge in [-0.1, -0.05) is 6.08 Å². The Kier molecular flexibility index (Phi) is 6.11. The third-order valence-corrected chi connectivity index (χ3v) is 2.57. The van der Waals surface area contributed by atoms with Gasteiger partial charge in [0.05, 0.1) is 6.04 Å². The molecule has 0 aromatic carbocycles. The summed E-state index contributed by atoms with van der Waals surface area (Å²) < 4.78 is 5.45. The van der Waals surface area contributed by atoms with Crippen LogP contribution in [-0.4, -0.2) is 31.7 Å². The van der Waals surface area contributed by atoms with E-state index in [2.05, 4.69) is 11.9 Å². The van der Waals surface area contributed by atoms with Gasteiger partial charge in [-0.05, 0) is 31.6 Å². The summed E-state index contributed by atoms with van der Waals surface area (Å²) in [6, 6.07) is -0.468. The molecule has 0 spiro atoms. The van der Waals surface area contributed by atoms with Gasteiger partial charge in [-0.15, -0.1) is 6.58 Å². The Morgan fingerprint density at radius 2 is 2.38 bits per heavy atom. The fourth-order valence-corrected chi connectivity index (χ4v) is 1.34. The Balaban J connectivity index is 1.88. The van der Waals surface area contributed by atoms with Gasteiger partial charge >= 0.3 is 0 Å². The van der Waals surface area contributed by atoms with E-state index >= 15 is 0 Å². The van der Waals surface area contributed by atoms with E-state index in [9.17, 15) is 4.79 Å². The Morgan fingerprint density at radius 3 is 3.00 bits per heavy atom. The van der Waals surface area contributed by atoms with Crippen molar-refractivity contribution in [3.8, 4) is 0 Å². The highest BCUT2D eigenvalue weighted by Gasteiger charge is 2.20. The van der Waals surface area contributed by atoms with Crippen molar-refractivity contribution in [1.82, 2.24) is 5.32 Å². The number of carbonyl (C=O) groups is 1. The van der Waals surface area contributed by atoms with E-state index < -0.39 is 6.04 Å². The third-order valence-electron chi connectivity index (χ3n) is 2.57. The van der Waals surface area contributed by atoms with E-state index in [0.29, 0.717) is 19.6 Å². The van der Waals surface area contributed by atoms with Crippen LogP contribution in [0, 0.1) is 5.92 Å². The van der Waals surface area contributed by atoms with Crippen molar-refractivity contribution in [3.05, 3.63) is 12.7 Å². The van der Waals surface area contributed by atoms with Gasteiger partial charge in [-0.3, -0.25) is 4.79 Å². The standard InChI is InChI=1S/C12H22N2O2/c1-2-4-11(13)12(15)14-7-3-8-16-9-10-5-6-10/h2,10-11H,1,3-9,13H2,(H,14,15). The maximum absolute atomic E-state index is 11.4. The molecule has 1 fully saturated rings. The number of hydrogen-bond donors (Lipinski definition) is 2. The zero-order valence-electron chi connectivity index (χ0n) is 9.78. The topological polar surface area (TPSA) is 64.4 Å². The highest BCUT2D eigenvalue weighted by Crippen LogP contribution is 2.28. The summed E-state index contributed by atoms with van der Waals surface area (Å²) in [7, 11) is 0. The van der Waals surface area contributed by atoms with Crippen LogP contribution in [0.25, 0.3) is 0 Å². The monoisotopic (exact) mass is 226 g/mol. The minimum atomic E-state index is -0.468. The highest BCUT2D eigenvalue weighted by molar-refractivity contribution is 5.81. The van der Waals surface area contributed by atoms with E-state index in [1.54, 1.807) is 6.08 Å². The molecule has 1 atom stereocenters. The molecule has 0 aromatic heterocycles. The van der Waals surface area contributed by atoms with Crippen LogP contribution in [0.3, 0.4) is 0 Å². The molecule has 1 unspecified atom stereocenters. The minimum Gasteiger partial charge on any atom is -0.381 e. The fourth-order valence-electron chi connectivity index (χ4n) is 1.34. The Bertz CT molecular complexity index is 227. The van der Waals surface area contributed by atoms with Gasteiger partial charge in [0.1, 0.15) is 0 Å². The molecule has 1 aliphatic carbocycles. The molecular weight excluding hydrogens is 204 g/mol. The van der Waals surface area contributed by atoms with E-state index in [1.165, 1.54) is 12.8 Å². The lowest BCUT2D eigenvalue weighted by molar-refractivity contribution is -0.122. The number of rotatable bonds is 9. The summed E-state index contributed by atoms with van der Waals surface area (Å²) in [5.74, 6) is 0.692. The summed E-state index contributed by atoms with van der Waals surface area (Å²) in [6.07, 6.45) is 5.65. The fraction of sp³-hybridized carbons (Fsp3) is 0.750. The second-order valence-electron chi connectivity index (χ2n) is 4.29. The Morgan fingerprint density at radius 1 is 1.62 bits per heavy atom. The molecular formula is C12H22N2O2. The zero-order chi connectivity index (χ0) is 11.8. The molecule has 0 radical (unpaired) electrons. The molecule has 0 aromatic rings. The van der Waals surface area contributed by atoms with Crippen LogP contribution in [0.4, 0.5) is 0 Å². The molecule has 0 aliphatic heterocycles. The van der Waals surface area contributed by atoms with Crippen molar-refractivity contribution < 1.29 is 9.53 Å². The summed E-state index contributed by atoms with van der Waals surface area (Å²) in [5.41, 5.74) is 5.60. The van der Waals surface area contributed by atoms with Crippen LogP contribution >= 0.6 is 0 Å². The molecule has 4 heteroatoms. The van der Waals surface area contributed by atoms with Crippen LogP contribution < -0.4 is 11.1 Å². The number of ether oxygens (including phenoxy) is 1. The lowest BCUT2D eigenvalue weighted by Gasteiger charge is -2.10. The van der Waals surface area contributed by atoms with Gasteiger partial charge in [0.2, 0.25) is 5.91 Å². The number of carbonyl (C=O) groups excluding carboxylic acids is 1. The maximum Gasteiger partial charge on any atom is 0.237 e. The van der Waals surface area contributed by atoms with Crippen molar-refractivity contribution in [2.24, 2.45) is 11.7 Å². The molecule has 0 bridgehead atoms. The molecule has 92 valence electrons. The van der Waals surface area contributed by atoms with Crippen molar-refractivity contribution in [2.75, 3.05) is 19.8 Å². The molecule has 1 rings (SSSR count). The van der Waals surface area contributed by atoms with Crippen LogP contribution in [0.5, 0.6) is 0 Å². The first-order chi connectivity index (χ1) is 7.74. The lowest BCUT2D eigenvalue weighted by atomic mass is 10.2. The SMILES string of the molecule is C=CCC(N)C(=O)NCCCOCC1CC1. The Hall–Kier alpha value is -0.870. The summed E-state index contributed by atoms with van der Waals surface area (Å²) in [4.78, 5) is 11.4. The van der Waals surface area contributed by atoms with Gasteiger partial charge < -0.3 is 15.8 Å². The third kappa shape index (κ3) is 5.88. The summed E-state index contributed by atoms with van der Waals surface area (Å²) >= 11 is 0. The molecule has 0 heterocycles. The first kappa shape index (κ1) is 13.2. The number of hydrogen-bond acceptors (Lipinski definition) is 3. The molecule has 16 heavy (non-hydrogen) atoms. The summed E-state index contributed by atoms with van der Waals surface area (Å²) in [5, 5.41) is 2.78. The van der Waals surface area contributed by atoms with Gasteiger partial charge in [0.15, 0.2) is 0 Å². The molecule has 0 saturated heterocycles. The highest BCUT2D eigenvalue weighted by atomic mass is 16.5. The van der Waals surface area contributed by atoms with Crippen molar-refractivity contribution in [1.29, 1.82) is 0 Å².